The molecular formula is C25H35N7O8. The van der Waals surface area contributed by atoms with E-state index in [-0.39, 0.29) is 19.4 Å². The quantitative estimate of drug-likeness (QED) is 0.0963. The zero-order chi connectivity index (χ0) is 29.8. The Morgan fingerprint density at radius 1 is 0.850 bits per heavy atom. The van der Waals surface area contributed by atoms with Gasteiger partial charge in [-0.2, -0.15) is 0 Å². The van der Waals surface area contributed by atoms with Gasteiger partial charge in [-0.25, -0.2) is 4.79 Å². The van der Waals surface area contributed by atoms with E-state index in [1.165, 1.54) is 0 Å². The molecule has 12 N–H and O–H groups in total. The van der Waals surface area contributed by atoms with Gasteiger partial charge in [0, 0.05) is 17.1 Å². The van der Waals surface area contributed by atoms with Gasteiger partial charge in [0.05, 0.1) is 18.9 Å². The number of rotatable bonds is 17. The van der Waals surface area contributed by atoms with Crippen molar-refractivity contribution < 1.29 is 39.0 Å². The zero-order valence-electron chi connectivity index (χ0n) is 21.7. The van der Waals surface area contributed by atoms with E-state index in [0.29, 0.717) is 12.8 Å². The molecule has 0 radical (unpaired) electrons. The highest BCUT2D eigenvalue weighted by molar-refractivity contribution is 5.96. The molecule has 0 aliphatic carbocycles. The molecule has 0 saturated carbocycles. The van der Waals surface area contributed by atoms with Crippen LogP contribution in [0.5, 0.6) is 0 Å². The molecule has 1 aromatic heterocycles. The Morgan fingerprint density at radius 2 is 1.48 bits per heavy atom. The third-order valence-corrected chi connectivity index (χ3v) is 6.06. The number of para-hydroxylation sites is 1. The first kappa shape index (κ1) is 31.7. The maximum Gasteiger partial charge on any atom is 0.326 e. The fourth-order valence-electron chi connectivity index (χ4n) is 4.00. The number of carboxylic acid groups (broad SMARTS) is 2. The second-order valence-corrected chi connectivity index (χ2v) is 9.24. The Kier molecular flexibility index (Phi) is 12.0. The van der Waals surface area contributed by atoms with Crippen molar-refractivity contribution in [2.24, 2.45) is 17.2 Å². The van der Waals surface area contributed by atoms with Gasteiger partial charge in [0.1, 0.15) is 18.1 Å². The SMILES string of the molecule is NCCCCC(NC(=O)C(CC(=O)O)NC(=O)C(N)Cc1c[nH]c2ccccc12)C(=O)NC(CC(N)=O)C(=O)O. The molecule has 40 heavy (non-hydrogen) atoms. The van der Waals surface area contributed by atoms with Crippen LogP contribution < -0.4 is 33.2 Å². The molecule has 0 aliphatic rings. The summed E-state index contributed by atoms with van der Waals surface area (Å²) < 4.78 is 0. The van der Waals surface area contributed by atoms with Crippen LogP contribution in [0.4, 0.5) is 0 Å². The van der Waals surface area contributed by atoms with Crippen LogP contribution in [0.1, 0.15) is 37.7 Å². The lowest BCUT2D eigenvalue weighted by Crippen LogP contribution is -2.57. The van der Waals surface area contributed by atoms with Gasteiger partial charge in [-0.1, -0.05) is 18.2 Å². The van der Waals surface area contributed by atoms with Gasteiger partial charge in [-0.15, -0.1) is 0 Å². The zero-order valence-corrected chi connectivity index (χ0v) is 21.7. The summed E-state index contributed by atoms with van der Waals surface area (Å²) in [6, 6.07) is 1.68. The van der Waals surface area contributed by atoms with Crippen molar-refractivity contribution in [1.82, 2.24) is 20.9 Å². The highest BCUT2D eigenvalue weighted by Gasteiger charge is 2.32. The third kappa shape index (κ3) is 9.67. The number of aliphatic carboxylic acids is 2. The van der Waals surface area contributed by atoms with Gasteiger partial charge in [0.2, 0.25) is 23.6 Å². The van der Waals surface area contributed by atoms with Gasteiger partial charge < -0.3 is 48.3 Å². The summed E-state index contributed by atoms with van der Waals surface area (Å²) in [4.78, 5) is 75.8. The van der Waals surface area contributed by atoms with Crippen molar-refractivity contribution in [3.8, 4) is 0 Å². The van der Waals surface area contributed by atoms with Gasteiger partial charge in [0.25, 0.3) is 0 Å². The Labute approximate surface area is 229 Å². The number of carboxylic acids is 2. The van der Waals surface area contributed by atoms with Crippen LogP contribution in [-0.2, 0) is 35.2 Å². The monoisotopic (exact) mass is 561 g/mol. The number of hydrogen-bond donors (Lipinski definition) is 9. The highest BCUT2D eigenvalue weighted by Crippen LogP contribution is 2.18. The smallest absolute Gasteiger partial charge is 0.326 e. The predicted octanol–water partition coefficient (Wildman–Crippen LogP) is -1.94. The van der Waals surface area contributed by atoms with Gasteiger partial charge in [-0.3, -0.25) is 24.0 Å². The molecule has 0 saturated heterocycles. The number of aromatic nitrogens is 1. The molecule has 15 heteroatoms. The molecule has 4 amide bonds. The molecule has 4 atom stereocenters. The third-order valence-electron chi connectivity index (χ3n) is 6.06. The molecular weight excluding hydrogens is 526 g/mol. The molecule has 0 spiro atoms. The summed E-state index contributed by atoms with van der Waals surface area (Å²) in [5, 5.41) is 26.3. The van der Waals surface area contributed by atoms with Crippen molar-refractivity contribution in [2.45, 2.75) is 62.7 Å². The van der Waals surface area contributed by atoms with Gasteiger partial charge in [-0.05, 0) is 43.9 Å². The van der Waals surface area contributed by atoms with E-state index in [1.807, 2.05) is 24.3 Å². The Hall–Kier alpha value is -4.50. The average Bonchev–Trinajstić information content (AvgIpc) is 3.29. The highest BCUT2D eigenvalue weighted by atomic mass is 16.4. The number of H-pyrrole nitrogens is 1. The van der Waals surface area contributed by atoms with Crippen molar-refractivity contribution in [2.75, 3.05) is 6.54 Å². The summed E-state index contributed by atoms with van der Waals surface area (Å²) in [6.07, 6.45) is 1.15. The van der Waals surface area contributed by atoms with Crippen LogP contribution in [-0.4, -0.2) is 81.5 Å². The number of fused-ring (bicyclic) bond motifs is 1. The Balaban J connectivity index is 2.14. The van der Waals surface area contributed by atoms with Crippen molar-refractivity contribution in [1.29, 1.82) is 0 Å². The van der Waals surface area contributed by atoms with Crippen molar-refractivity contribution in [3.05, 3.63) is 36.0 Å². The number of nitrogens with one attached hydrogen (secondary N) is 4. The standard InChI is InChI=1S/C25H35N7O8/c26-8-4-3-7-17(23(37)32-19(25(39)40)10-20(28)33)30-24(38)18(11-21(34)35)31-22(36)15(27)9-13-12-29-16-6-2-1-5-14(13)16/h1-2,5-6,12,15,17-19,29H,3-4,7-11,26-27H2,(H2,28,33)(H,30,38)(H,31,36)(H,32,37)(H,34,35)(H,39,40). The number of primary amides is 1. The first-order chi connectivity index (χ1) is 18.9. The van der Waals surface area contributed by atoms with E-state index in [4.69, 9.17) is 17.2 Å². The molecule has 2 rings (SSSR count). The van der Waals surface area contributed by atoms with Crippen LogP contribution in [0.3, 0.4) is 0 Å². The Morgan fingerprint density at radius 3 is 2.10 bits per heavy atom. The van der Waals surface area contributed by atoms with E-state index in [0.717, 1.165) is 16.5 Å². The average molecular weight is 562 g/mol. The fraction of sp³-hybridized carbons (Fsp3) is 0.440. The molecule has 1 heterocycles. The summed E-state index contributed by atoms with van der Waals surface area (Å²) in [5.74, 6) is -6.60. The Bertz CT molecular complexity index is 1230. The second kappa shape index (κ2) is 15.2. The summed E-state index contributed by atoms with van der Waals surface area (Å²) in [7, 11) is 0. The van der Waals surface area contributed by atoms with E-state index in [1.54, 1.807) is 6.20 Å². The van der Waals surface area contributed by atoms with Crippen LogP contribution in [0.2, 0.25) is 0 Å². The van der Waals surface area contributed by atoms with Crippen LogP contribution in [0, 0.1) is 0 Å². The summed E-state index contributed by atoms with van der Waals surface area (Å²) in [5.41, 5.74) is 18.2. The molecule has 0 bridgehead atoms. The van der Waals surface area contributed by atoms with Crippen molar-refractivity contribution in [3.63, 3.8) is 0 Å². The van der Waals surface area contributed by atoms with E-state index < -0.39 is 72.6 Å². The molecule has 15 nitrogen and oxygen atoms in total. The van der Waals surface area contributed by atoms with E-state index in [9.17, 15) is 39.0 Å². The van der Waals surface area contributed by atoms with Crippen molar-refractivity contribution >= 4 is 46.5 Å². The lowest BCUT2D eigenvalue weighted by atomic mass is 10.0. The first-order valence-corrected chi connectivity index (χ1v) is 12.6. The number of aromatic amines is 1. The molecule has 2 aromatic rings. The van der Waals surface area contributed by atoms with Gasteiger partial charge >= 0.3 is 11.9 Å². The summed E-state index contributed by atoms with van der Waals surface area (Å²) in [6.45, 7) is 0.285. The predicted molar refractivity (Wildman–Crippen MR) is 142 cm³/mol. The van der Waals surface area contributed by atoms with E-state index in [2.05, 4.69) is 20.9 Å². The van der Waals surface area contributed by atoms with Crippen LogP contribution >= 0.6 is 0 Å². The first-order valence-electron chi connectivity index (χ1n) is 12.6. The number of amides is 4. The number of carbonyl (C=O) groups excluding carboxylic acids is 4. The fourth-order valence-corrected chi connectivity index (χ4v) is 4.00. The number of carbonyl (C=O) groups is 6. The minimum absolute atomic E-state index is 0.0193. The molecule has 1 aromatic carbocycles. The molecule has 4 unspecified atom stereocenters. The minimum Gasteiger partial charge on any atom is -0.481 e. The maximum absolute atomic E-state index is 13.0. The second-order valence-electron chi connectivity index (χ2n) is 9.24. The van der Waals surface area contributed by atoms with Crippen LogP contribution in [0.25, 0.3) is 10.9 Å². The lowest BCUT2D eigenvalue weighted by Gasteiger charge is -2.24. The summed E-state index contributed by atoms with van der Waals surface area (Å²) >= 11 is 0. The number of nitrogens with two attached hydrogens (primary N) is 3. The normalized spacial score (nSPS) is 13.9. The number of hydrogen-bond acceptors (Lipinski definition) is 8. The molecule has 218 valence electrons. The molecule has 0 aliphatic heterocycles. The number of unbranched alkanes of at least 4 members (excludes halogenated alkanes) is 1. The van der Waals surface area contributed by atoms with Gasteiger partial charge in [0.15, 0.2) is 0 Å². The number of benzene rings is 1. The largest absolute Gasteiger partial charge is 0.481 e. The lowest BCUT2D eigenvalue weighted by molar-refractivity contribution is -0.144. The minimum atomic E-state index is -1.64. The van der Waals surface area contributed by atoms with E-state index >= 15 is 0 Å². The van der Waals surface area contributed by atoms with Crippen LogP contribution in [0.15, 0.2) is 30.5 Å². The maximum atomic E-state index is 13.0. The topological polar surface area (TPSA) is 273 Å². The molecule has 0 fully saturated rings.